The third-order valence-electron chi connectivity index (χ3n) is 1.99. The van der Waals surface area contributed by atoms with Gasteiger partial charge < -0.3 is 22.1 Å². The lowest BCUT2D eigenvalue weighted by atomic mass is 10.2. The van der Waals surface area contributed by atoms with Crippen LogP contribution in [0.1, 0.15) is 5.56 Å². The smallest absolute Gasteiger partial charge is 0.312 e. The summed E-state index contributed by atoms with van der Waals surface area (Å²) in [7, 11) is 0. The fourth-order valence-electron chi connectivity index (χ4n) is 1.19. The van der Waals surface area contributed by atoms with Crippen molar-refractivity contribution in [3.8, 4) is 0 Å². The van der Waals surface area contributed by atoms with E-state index in [4.69, 9.17) is 35.3 Å². The number of carbonyl (C=O) groups is 1. The summed E-state index contributed by atoms with van der Waals surface area (Å²) in [5.74, 6) is 0. The summed E-state index contributed by atoms with van der Waals surface area (Å²) in [5.41, 5.74) is 11.9. The van der Waals surface area contributed by atoms with Crippen molar-refractivity contribution >= 4 is 40.5 Å². The minimum absolute atomic E-state index is 0.300. The summed E-state index contributed by atoms with van der Waals surface area (Å²) < 4.78 is 0. The van der Waals surface area contributed by atoms with Gasteiger partial charge >= 0.3 is 6.03 Å². The van der Waals surface area contributed by atoms with Gasteiger partial charge in [-0.25, -0.2) is 4.79 Å². The second-order valence-corrected chi connectivity index (χ2v) is 4.12. The van der Waals surface area contributed by atoms with Crippen LogP contribution in [0, 0.1) is 0 Å². The highest BCUT2D eigenvalue weighted by atomic mass is 35.5. The van der Waals surface area contributed by atoms with Crippen molar-refractivity contribution in [1.82, 2.24) is 5.32 Å². The molecule has 6 N–H and O–H groups in total. The molecule has 0 atom stereocenters. The maximum Gasteiger partial charge on any atom is 0.312 e. The summed E-state index contributed by atoms with van der Waals surface area (Å²) in [5, 5.41) is 6.03. The number of rotatable bonds is 5. The second kappa shape index (κ2) is 6.27. The molecular weight excluding hydrogens is 260 g/mol. The number of halogens is 1. The summed E-state index contributed by atoms with van der Waals surface area (Å²) >= 11 is 10.9. The Morgan fingerprint density at radius 2 is 2.06 bits per heavy atom. The van der Waals surface area contributed by atoms with Crippen LogP contribution in [0.25, 0.3) is 0 Å². The van der Waals surface area contributed by atoms with Crippen LogP contribution in [-0.4, -0.2) is 24.1 Å². The zero-order valence-electron chi connectivity index (χ0n) is 9.00. The molecule has 0 radical (unpaired) electrons. The van der Waals surface area contributed by atoms with E-state index in [0.717, 1.165) is 5.69 Å². The number of amides is 2. The van der Waals surface area contributed by atoms with Gasteiger partial charge in [0.2, 0.25) is 0 Å². The third kappa shape index (κ3) is 4.46. The molecule has 5 nitrogen and oxygen atoms in total. The van der Waals surface area contributed by atoms with E-state index in [1.165, 1.54) is 0 Å². The topological polar surface area (TPSA) is 93.2 Å². The first-order chi connectivity index (χ1) is 8.00. The average Bonchev–Trinajstić information content (AvgIpc) is 2.25. The Balaban J connectivity index is 2.54. The Labute approximate surface area is 109 Å². The van der Waals surface area contributed by atoms with Crippen molar-refractivity contribution in [3.05, 3.63) is 28.8 Å². The van der Waals surface area contributed by atoms with Crippen LogP contribution in [0.4, 0.5) is 10.5 Å². The predicted molar refractivity (Wildman–Crippen MR) is 73.4 cm³/mol. The molecule has 1 aromatic carbocycles. The molecule has 0 bridgehead atoms. The standard InChI is InChI=1S/C10H13ClN4OS/c11-7-5-6(9(12)17)1-2-8(7)14-3-4-15-10(13)16/h1-2,5,14H,3-4H2,(H2,12,17)(H3,13,15,16). The predicted octanol–water partition coefficient (Wildman–Crippen LogP) is 1.05. The second-order valence-electron chi connectivity index (χ2n) is 3.28. The van der Waals surface area contributed by atoms with E-state index in [9.17, 15) is 4.79 Å². The van der Waals surface area contributed by atoms with E-state index in [1.807, 2.05) is 0 Å². The number of anilines is 1. The molecule has 0 aromatic heterocycles. The molecule has 1 aromatic rings. The van der Waals surface area contributed by atoms with E-state index in [0.29, 0.717) is 28.7 Å². The third-order valence-corrected chi connectivity index (χ3v) is 2.54. The number of urea groups is 1. The number of hydrogen-bond acceptors (Lipinski definition) is 3. The lowest BCUT2D eigenvalue weighted by Gasteiger charge is -2.09. The van der Waals surface area contributed by atoms with Crippen LogP contribution in [0.5, 0.6) is 0 Å². The largest absolute Gasteiger partial charge is 0.389 e. The normalized spacial score (nSPS) is 9.71. The highest BCUT2D eigenvalue weighted by Crippen LogP contribution is 2.22. The molecule has 92 valence electrons. The number of benzene rings is 1. The van der Waals surface area contributed by atoms with Gasteiger partial charge in [0.15, 0.2) is 0 Å². The first-order valence-electron chi connectivity index (χ1n) is 4.87. The van der Waals surface area contributed by atoms with Crippen molar-refractivity contribution in [1.29, 1.82) is 0 Å². The van der Waals surface area contributed by atoms with Gasteiger partial charge in [-0.3, -0.25) is 0 Å². The fourth-order valence-corrected chi connectivity index (χ4v) is 1.57. The molecule has 0 saturated heterocycles. The minimum atomic E-state index is -0.554. The molecule has 7 heteroatoms. The number of nitrogens with two attached hydrogens (primary N) is 2. The quantitative estimate of drug-likeness (QED) is 0.476. The highest BCUT2D eigenvalue weighted by Gasteiger charge is 2.03. The molecule has 0 aliphatic rings. The Bertz CT molecular complexity index is 438. The Morgan fingerprint density at radius 3 is 2.59 bits per heavy atom. The molecule has 0 fully saturated rings. The van der Waals surface area contributed by atoms with Crippen molar-refractivity contribution in [2.75, 3.05) is 18.4 Å². The van der Waals surface area contributed by atoms with Crippen molar-refractivity contribution < 1.29 is 4.79 Å². The summed E-state index contributed by atoms with van der Waals surface area (Å²) in [6.07, 6.45) is 0. The maximum atomic E-state index is 10.4. The number of primary amides is 1. The van der Waals surface area contributed by atoms with Gasteiger partial charge in [0.25, 0.3) is 0 Å². The summed E-state index contributed by atoms with van der Waals surface area (Å²) in [6.45, 7) is 0.942. The monoisotopic (exact) mass is 272 g/mol. The first-order valence-corrected chi connectivity index (χ1v) is 5.66. The van der Waals surface area contributed by atoms with Gasteiger partial charge in [-0.15, -0.1) is 0 Å². The van der Waals surface area contributed by atoms with Gasteiger partial charge in [0.05, 0.1) is 10.7 Å². The Morgan fingerprint density at radius 1 is 1.35 bits per heavy atom. The van der Waals surface area contributed by atoms with E-state index in [2.05, 4.69) is 10.6 Å². The van der Waals surface area contributed by atoms with E-state index < -0.39 is 6.03 Å². The van der Waals surface area contributed by atoms with Gasteiger partial charge in [0, 0.05) is 18.7 Å². The SMILES string of the molecule is NC(=O)NCCNc1ccc(C(N)=S)cc1Cl. The van der Waals surface area contributed by atoms with Crippen molar-refractivity contribution in [2.45, 2.75) is 0 Å². The number of hydrogen-bond donors (Lipinski definition) is 4. The minimum Gasteiger partial charge on any atom is -0.389 e. The molecule has 0 heterocycles. The Hall–Kier alpha value is -1.53. The average molecular weight is 273 g/mol. The Kier molecular flexibility index (Phi) is 4.99. The molecule has 0 spiro atoms. The van der Waals surface area contributed by atoms with Crippen LogP contribution in [-0.2, 0) is 0 Å². The van der Waals surface area contributed by atoms with Crippen molar-refractivity contribution in [2.24, 2.45) is 11.5 Å². The van der Waals surface area contributed by atoms with Crippen LogP contribution < -0.4 is 22.1 Å². The molecule has 0 aliphatic heterocycles. The zero-order chi connectivity index (χ0) is 12.8. The molecular formula is C10H13ClN4OS. The van der Waals surface area contributed by atoms with Crippen molar-refractivity contribution in [3.63, 3.8) is 0 Å². The van der Waals surface area contributed by atoms with Gasteiger partial charge in [-0.2, -0.15) is 0 Å². The lowest BCUT2D eigenvalue weighted by molar-refractivity contribution is 0.249. The molecule has 17 heavy (non-hydrogen) atoms. The molecule has 1 rings (SSSR count). The van der Waals surface area contributed by atoms with Crippen LogP contribution in [0.15, 0.2) is 18.2 Å². The number of thiocarbonyl (C=S) groups is 1. The first kappa shape index (κ1) is 13.5. The number of carbonyl (C=O) groups excluding carboxylic acids is 1. The molecule has 0 aliphatic carbocycles. The highest BCUT2D eigenvalue weighted by molar-refractivity contribution is 7.80. The maximum absolute atomic E-state index is 10.4. The van der Waals surface area contributed by atoms with Gasteiger partial charge in [-0.05, 0) is 18.2 Å². The number of nitrogens with one attached hydrogen (secondary N) is 2. The molecule has 2 amide bonds. The summed E-state index contributed by atoms with van der Waals surface area (Å²) in [4.78, 5) is 10.7. The van der Waals surface area contributed by atoms with E-state index in [-0.39, 0.29) is 0 Å². The van der Waals surface area contributed by atoms with E-state index >= 15 is 0 Å². The van der Waals surface area contributed by atoms with E-state index in [1.54, 1.807) is 18.2 Å². The lowest BCUT2D eigenvalue weighted by Crippen LogP contribution is -2.33. The van der Waals surface area contributed by atoms with Gasteiger partial charge in [0.1, 0.15) is 4.99 Å². The zero-order valence-corrected chi connectivity index (χ0v) is 10.6. The molecule has 0 saturated carbocycles. The summed E-state index contributed by atoms with van der Waals surface area (Å²) in [6, 6.07) is 4.69. The molecule has 0 unspecified atom stereocenters. The fraction of sp³-hybridized carbons (Fsp3) is 0.200. The van der Waals surface area contributed by atoms with Crippen LogP contribution in [0.3, 0.4) is 0 Å². The van der Waals surface area contributed by atoms with Crippen LogP contribution >= 0.6 is 23.8 Å². The van der Waals surface area contributed by atoms with Crippen LogP contribution in [0.2, 0.25) is 5.02 Å². The van der Waals surface area contributed by atoms with Gasteiger partial charge in [-0.1, -0.05) is 23.8 Å².